The van der Waals surface area contributed by atoms with Crippen molar-refractivity contribution in [1.29, 1.82) is 0 Å². The summed E-state index contributed by atoms with van der Waals surface area (Å²) in [7, 11) is 0. The molecule has 0 radical (unpaired) electrons. The maximum absolute atomic E-state index is 13.4. The molecule has 1 aromatic carbocycles. The lowest BCUT2D eigenvalue weighted by atomic mass is 9.54. The van der Waals surface area contributed by atoms with Crippen LogP contribution in [0.3, 0.4) is 0 Å². The summed E-state index contributed by atoms with van der Waals surface area (Å²) in [6, 6.07) is 4.79. The molecule has 0 amide bonds. The summed E-state index contributed by atoms with van der Waals surface area (Å²) in [4.78, 5) is 0. The molecule has 0 saturated heterocycles. The van der Waals surface area contributed by atoms with Gasteiger partial charge in [-0.1, -0.05) is 0 Å². The van der Waals surface area contributed by atoms with Crippen molar-refractivity contribution in [2.75, 3.05) is 0 Å². The van der Waals surface area contributed by atoms with E-state index < -0.39 is 0 Å². The molecule has 4 aliphatic carbocycles. The summed E-state index contributed by atoms with van der Waals surface area (Å²) in [5.41, 5.74) is 0.684. The molecular weight excluding hydrogens is 265 g/mol. The fourth-order valence-corrected chi connectivity index (χ4v) is 5.45. The zero-order valence-electron chi connectivity index (χ0n) is 12.6. The lowest BCUT2D eigenvalue weighted by molar-refractivity contribution is -0.0172. The van der Waals surface area contributed by atoms with Gasteiger partial charge in [0.15, 0.2) is 0 Å². The maximum Gasteiger partial charge on any atom is 0.123 e. The van der Waals surface area contributed by atoms with Crippen LogP contribution in [-0.4, -0.2) is 11.1 Å². The van der Waals surface area contributed by atoms with E-state index >= 15 is 0 Å². The van der Waals surface area contributed by atoms with Crippen molar-refractivity contribution >= 4 is 0 Å². The first-order valence-electron chi connectivity index (χ1n) is 8.34. The Morgan fingerprint density at radius 3 is 2.33 bits per heavy atom. The molecule has 21 heavy (non-hydrogen) atoms. The number of phenolic OH excluding ortho intramolecular Hbond substituents is 1. The molecule has 0 aromatic heterocycles. The van der Waals surface area contributed by atoms with Gasteiger partial charge in [0, 0.05) is 17.6 Å². The Hall–Kier alpha value is -1.09. The smallest absolute Gasteiger partial charge is 0.123 e. The van der Waals surface area contributed by atoms with Crippen molar-refractivity contribution in [3.05, 3.63) is 29.6 Å². The van der Waals surface area contributed by atoms with Gasteiger partial charge < -0.3 is 10.4 Å². The number of phenols is 1. The number of nitrogens with one attached hydrogen (secondary N) is 1. The normalized spacial score (nSPS) is 38.7. The number of rotatable bonds is 3. The third-order valence-corrected chi connectivity index (χ3v) is 6.13. The van der Waals surface area contributed by atoms with E-state index in [2.05, 4.69) is 5.32 Å². The predicted octanol–water partition coefficient (Wildman–Crippen LogP) is 4.01. The number of hydrogen-bond donors (Lipinski definition) is 2. The lowest BCUT2D eigenvalue weighted by Gasteiger charge is -2.55. The quantitative estimate of drug-likeness (QED) is 0.881. The second-order valence-electron chi connectivity index (χ2n) is 7.55. The van der Waals surface area contributed by atoms with Crippen LogP contribution in [0.15, 0.2) is 18.2 Å². The van der Waals surface area contributed by atoms with Crippen LogP contribution in [0.25, 0.3) is 0 Å². The molecule has 1 atom stereocenters. The first kappa shape index (κ1) is 13.6. The van der Waals surface area contributed by atoms with E-state index in [4.69, 9.17) is 0 Å². The first-order chi connectivity index (χ1) is 10.1. The van der Waals surface area contributed by atoms with Crippen molar-refractivity contribution in [2.45, 2.75) is 51.1 Å². The van der Waals surface area contributed by atoms with Gasteiger partial charge in [0.1, 0.15) is 11.6 Å². The fraction of sp³-hybridized carbons (Fsp3) is 0.667. The second-order valence-corrected chi connectivity index (χ2v) is 7.55. The number of halogens is 1. The SMILES string of the molecule is CC(NC1C2CC3CC(C2)CC1C3)c1cc(F)ccc1O. The molecule has 2 nitrogen and oxygen atoms in total. The molecule has 3 heteroatoms. The summed E-state index contributed by atoms with van der Waals surface area (Å²) in [6.07, 6.45) is 6.93. The summed E-state index contributed by atoms with van der Waals surface area (Å²) in [5, 5.41) is 13.7. The Bertz CT molecular complexity index is 516. The van der Waals surface area contributed by atoms with Gasteiger partial charge in [0.05, 0.1) is 0 Å². The Kier molecular flexibility index (Phi) is 3.21. The summed E-state index contributed by atoms with van der Waals surface area (Å²) < 4.78 is 13.4. The van der Waals surface area contributed by atoms with Crippen LogP contribution in [0.2, 0.25) is 0 Å². The van der Waals surface area contributed by atoms with Crippen molar-refractivity contribution in [2.24, 2.45) is 23.7 Å². The average molecular weight is 289 g/mol. The monoisotopic (exact) mass is 289 g/mol. The standard InChI is InChI=1S/C18H24FNO/c1-10(16-9-15(19)2-3-17(16)21)20-18-13-5-11-4-12(7-13)8-14(18)6-11/h2-3,9-14,18,20-21H,4-8H2,1H3. The molecule has 1 aromatic rings. The van der Waals surface area contributed by atoms with E-state index in [1.807, 2.05) is 6.92 Å². The van der Waals surface area contributed by atoms with Gasteiger partial charge in [-0.3, -0.25) is 0 Å². The Labute approximate surface area is 125 Å². The van der Waals surface area contributed by atoms with E-state index in [1.165, 1.54) is 50.3 Å². The molecule has 0 aliphatic heterocycles. The molecule has 4 saturated carbocycles. The van der Waals surface area contributed by atoms with Crippen LogP contribution in [0.5, 0.6) is 5.75 Å². The van der Waals surface area contributed by atoms with Crippen LogP contribution >= 0.6 is 0 Å². The predicted molar refractivity (Wildman–Crippen MR) is 80.4 cm³/mol. The highest BCUT2D eigenvalue weighted by atomic mass is 19.1. The van der Waals surface area contributed by atoms with Gasteiger partial charge in [0.2, 0.25) is 0 Å². The molecule has 2 N–H and O–H groups in total. The minimum Gasteiger partial charge on any atom is -0.508 e. The van der Waals surface area contributed by atoms with Gasteiger partial charge in [0.25, 0.3) is 0 Å². The van der Waals surface area contributed by atoms with Crippen molar-refractivity contribution < 1.29 is 9.50 Å². The van der Waals surface area contributed by atoms with E-state index in [0.29, 0.717) is 11.6 Å². The molecule has 4 fully saturated rings. The molecular formula is C18H24FNO. The van der Waals surface area contributed by atoms with Crippen molar-refractivity contribution in [3.8, 4) is 5.75 Å². The van der Waals surface area contributed by atoms with Gasteiger partial charge in [-0.05, 0) is 80.9 Å². The number of aromatic hydroxyl groups is 1. The van der Waals surface area contributed by atoms with E-state index in [9.17, 15) is 9.50 Å². The summed E-state index contributed by atoms with van der Waals surface area (Å²) in [6.45, 7) is 2.04. The minimum atomic E-state index is -0.276. The molecule has 5 rings (SSSR count). The highest BCUT2D eigenvalue weighted by molar-refractivity contribution is 5.35. The second kappa shape index (κ2) is 4.98. The first-order valence-corrected chi connectivity index (χ1v) is 8.34. The van der Waals surface area contributed by atoms with Crippen LogP contribution in [0.1, 0.15) is 50.6 Å². The zero-order valence-corrected chi connectivity index (χ0v) is 12.6. The summed E-state index contributed by atoms with van der Waals surface area (Å²) >= 11 is 0. The Morgan fingerprint density at radius 1 is 1.10 bits per heavy atom. The lowest BCUT2D eigenvalue weighted by Crippen LogP contribution is -2.54. The van der Waals surface area contributed by atoms with Crippen LogP contribution in [0, 0.1) is 29.5 Å². The molecule has 4 bridgehead atoms. The third kappa shape index (κ3) is 2.36. The van der Waals surface area contributed by atoms with Gasteiger partial charge in [-0.15, -0.1) is 0 Å². The Balaban J connectivity index is 1.52. The van der Waals surface area contributed by atoms with Crippen molar-refractivity contribution in [3.63, 3.8) is 0 Å². The molecule has 1 unspecified atom stereocenters. The van der Waals surface area contributed by atoms with E-state index in [0.717, 1.165) is 23.7 Å². The molecule has 0 heterocycles. The zero-order chi connectivity index (χ0) is 14.6. The van der Waals surface area contributed by atoms with Crippen LogP contribution in [-0.2, 0) is 0 Å². The number of hydrogen-bond acceptors (Lipinski definition) is 2. The molecule has 114 valence electrons. The topological polar surface area (TPSA) is 32.3 Å². The number of benzene rings is 1. The van der Waals surface area contributed by atoms with Crippen LogP contribution in [0.4, 0.5) is 4.39 Å². The van der Waals surface area contributed by atoms with Gasteiger partial charge >= 0.3 is 0 Å². The maximum atomic E-state index is 13.4. The van der Waals surface area contributed by atoms with Gasteiger partial charge in [-0.2, -0.15) is 0 Å². The largest absolute Gasteiger partial charge is 0.508 e. The van der Waals surface area contributed by atoms with E-state index in [1.54, 1.807) is 0 Å². The van der Waals surface area contributed by atoms with E-state index in [-0.39, 0.29) is 17.6 Å². The van der Waals surface area contributed by atoms with Crippen LogP contribution < -0.4 is 5.32 Å². The highest BCUT2D eigenvalue weighted by Crippen LogP contribution is 2.54. The van der Waals surface area contributed by atoms with Gasteiger partial charge in [-0.25, -0.2) is 4.39 Å². The fourth-order valence-electron chi connectivity index (χ4n) is 5.45. The molecule has 0 spiro atoms. The minimum absolute atomic E-state index is 0.00299. The third-order valence-electron chi connectivity index (χ3n) is 6.13. The summed E-state index contributed by atoms with van der Waals surface area (Å²) in [5.74, 6) is 3.42. The average Bonchev–Trinajstić information content (AvgIpc) is 2.44. The Morgan fingerprint density at radius 2 is 1.71 bits per heavy atom. The highest BCUT2D eigenvalue weighted by Gasteiger charge is 2.48. The van der Waals surface area contributed by atoms with Crippen molar-refractivity contribution in [1.82, 2.24) is 5.32 Å². The molecule has 4 aliphatic rings.